The van der Waals surface area contributed by atoms with Crippen LogP contribution in [0.15, 0.2) is 0 Å². The van der Waals surface area contributed by atoms with Crippen LogP contribution in [0.4, 0.5) is 0 Å². The van der Waals surface area contributed by atoms with Crippen LogP contribution < -0.4 is 5.32 Å². The zero-order valence-electron chi connectivity index (χ0n) is 13.5. The molecule has 0 amide bonds. The van der Waals surface area contributed by atoms with Crippen molar-refractivity contribution >= 4 is 0 Å². The average molecular weight is 269 g/mol. The van der Waals surface area contributed by atoms with Gasteiger partial charge in [0.2, 0.25) is 0 Å². The fourth-order valence-electron chi connectivity index (χ4n) is 3.64. The molecule has 0 bridgehead atoms. The fourth-order valence-corrected chi connectivity index (χ4v) is 3.64. The summed E-state index contributed by atoms with van der Waals surface area (Å²) in [5, 5.41) is 13.8. The molecule has 0 aromatic rings. The first-order valence-electron chi connectivity index (χ1n) is 8.48. The first kappa shape index (κ1) is 17.0. The molecule has 114 valence electrons. The van der Waals surface area contributed by atoms with Gasteiger partial charge in [-0.1, -0.05) is 53.4 Å². The third kappa shape index (κ3) is 6.27. The van der Waals surface area contributed by atoms with Gasteiger partial charge in [-0.15, -0.1) is 0 Å². The molecule has 1 aliphatic rings. The summed E-state index contributed by atoms with van der Waals surface area (Å²) in [6, 6.07) is 0.640. The minimum absolute atomic E-state index is 0.166. The third-order valence-corrected chi connectivity index (χ3v) is 4.80. The molecule has 0 aliphatic heterocycles. The van der Waals surface area contributed by atoms with Crippen molar-refractivity contribution in [3.8, 4) is 0 Å². The van der Waals surface area contributed by atoms with E-state index in [0.29, 0.717) is 12.0 Å². The SMILES string of the molecule is CCC(CC)C(O)CNC1CCCC(CC(C)C)C1. The smallest absolute Gasteiger partial charge is 0.0692 e. The monoisotopic (exact) mass is 269 g/mol. The number of hydrogen-bond acceptors (Lipinski definition) is 2. The predicted octanol–water partition coefficient (Wildman–Crippen LogP) is 3.98. The normalized spacial score (nSPS) is 26.1. The van der Waals surface area contributed by atoms with Crippen molar-refractivity contribution in [1.82, 2.24) is 5.32 Å². The molecular formula is C17H35NO. The Balaban J connectivity index is 2.28. The number of hydrogen-bond donors (Lipinski definition) is 2. The summed E-state index contributed by atoms with van der Waals surface area (Å²) < 4.78 is 0. The summed E-state index contributed by atoms with van der Waals surface area (Å²) in [7, 11) is 0. The quantitative estimate of drug-likeness (QED) is 0.698. The molecule has 19 heavy (non-hydrogen) atoms. The predicted molar refractivity (Wildman–Crippen MR) is 83.3 cm³/mol. The van der Waals surface area contributed by atoms with Crippen LogP contribution in [-0.2, 0) is 0 Å². The van der Waals surface area contributed by atoms with Gasteiger partial charge in [0, 0.05) is 12.6 Å². The molecule has 1 rings (SSSR count). The van der Waals surface area contributed by atoms with Crippen molar-refractivity contribution in [1.29, 1.82) is 0 Å². The van der Waals surface area contributed by atoms with Crippen molar-refractivity contribution in [2.75, 3.05) is 6.54 Å². The zero-order chi connectivity index (χ0) is 14.3. The van der Waals surface area contributed by atoms with Crippen molar-refractivity contribution in [2.24, 2.45) is 17.8 Å². The Morgan fingerprint density at radius 2 is 1.84 bits per heavy atom. The molecule has 1 saturated carbocycles. The van der Waals surface area contributed by atoms with E-state index in [0.717, 1.165) is 31.2 Å². The lowest BCUT2D eigenvalue weighted by molar-refractivity contribution is 0.0941. The van der Waals surface area contributed by atoms with Crippen LogP contribution in [0.25, 0.3) is 0 Å². The van der Waals surface area contributed by atoms with E-state index in [1.807, 2.05) is 0 Å². The highest BCUT2D eigenvalue weighted by Crippen LogP contribution is 2.29. The van der Waals surface area contributed by atoms with Crippen LogP contribution in [0.1, 0.15) is 72.6 Å². The van der Waals surface area contributed by atoms with Crippen LogP contribution in [0, 0.1) is 17.8 Å². The van der Waals surface area contributed by atoms with E-state index in [9.17, 15) is 5.11 Å². The van der Waals surface area contributed by atoms with Gasteiger partial charge in [0.15, 0.2) is 0 Å². The van der Waals surface area contributed by atoms with E-state index >= 15 is 0 Å². The highest BCUT2D eigenvalue weighted by molar-refractivity contribution is 4.80. The maximum absolute atomic E-state index is 10.2. The Bertz CT molecular complexity index is 225. The summed E-state index contributed by atoms with van der Waals surface area (Å²) in [5.41, 5.74) is 0. The molecule has 2 N–H and O–H groups in total. The van der Waals surface area contributed by atoms with Gasteiger partial charge < -0.3 is 10.4 Å². The van der Waals surface area contributed by atoms with Crippen molar-refractivity contribution < 1.29 is 5.11 Å². The largest absolute Gasteiger partial charge is 0.392 e. The molecule has 0 saturated heterocycles. The number of aliphatic hydroxyl groups is 1. The Morgan fingerprint density at radius 1 is 1.16 bits per heavy atom. The molecule has 0 radical (unpaired) electrons. The first-order valence-corrected chi connectivity index (χ1v) is 8.48. The molecule has 0 aromatic heterocycles. The minimum Gasteiger partial charge on any atom is -0.392 e. The maximum atomic E-state index is 10.2. The molecule has 1 fully saturated rings. The van der Waals surface area contributed by atoms with Gasteiger partial charge >= 0.3 is 0 Å². The lowest BCUT2D eigenvalue weighted by atomic mass is 9.81. The molecule has 0 spiro atoms. The lowest BCUT2D eigenvalue weighted by Crippen LogP contribution is -2.41. The zero-order valence-corrected chi connectivity index (χ0v) is 13.5. The summed E-state index contributed by atoms with van der Waals surface area (Å²) in [5.74, 6) is 2.18. The summed E-state index contributed by atoms with van der Waals surface area (Å²) in [6.07, 6.45) is 8.74. The Hall–Kier alpha value is -0.0800. The highest BCUT2D eigenvalue weighted by Gasteiger charge is 2.23. The Kier molecular flexibility index (Phi) is 8.01. The Morgan fingerprint density at radius 3 is 2.42 bits per heavy atom. The van der Waals surface area contributed by atoms with E-state index in [1.165, 1.54) is 32.1 Å². The molecular weight excluding hydrogens is 234 g/mol. The van der Waals surface area contributed by atoms with Gasteiger partial charge in [0.05, 0.1) is 6.10 Å². The maximum Gasteiger partial charge on any atom is 0.0692 e. The molecule has 2 heteroatoms. The van der Waals surface area contributed by atoms with E-state index in [4.69, 9.17) is 0 Å². The van der Waals surface area contributed by atoms with Gasteiger partial charge in [-0.2, -0.15) is 0 Å². The minimum atomic E-state index is -0.166. The second-order valence-corrected chi connectivity index (χ2v) is 6.91. The molecule has 3 unspecified atom stereocenters. The summed E-state index contributed by atoms with van der Waals surface area (Å²) in [4.78, 5) is 0. The molecule has 0 aromatic carbocycles. The molecule has 3 atom stereocenters. The fraction of sp³-hybridized carbons (Fsp3) is 1.00. The molecule has 1 aliphatic carbocycles. The molecule has 2 nitrogen and oxygen atoms in total. The average Bonchev–Trinajstić information content (AvgIpc) is 2.37. The number of aliphatic hydroxyl groups excluding tert-OH is 1. The Labute approximate surface area is 120 Å². The van der Waals surface area contributed by atoms with E-state index in [2.05, 4.69) is 33.0 Å². The van der Waals surface area contributed by atoms with Crippen LogP contribution in [0.2, 0.25) is 0 Å². The standard InChI is InChI=1S/C17H35NO/c1-5-15(6-2)17(19)12-18-16-9-7-8-14(11-16)10-13(3)4/h13-19H,5-12H2,1-4H3. The second-order valence-electron chi connectivity index (χ2n) is 6.91. The van der Waals surface area contributed by atoms with E-state index in [1.54, 1.807) is 0 Å². The topological polar surface area (TPSA) is 32.3 Å². The second kappa shape index (κ2) is 8.97. The highest BCUT2D eigenvalue weighted by atomic mass is 16.3. The van der Waals surface area contributed by atoms with Crippen molar-refractivity contribution in [3.63, 3.8) is 0 Å². The van der Waals surface area contributed by atoms with E-state index in [-0.39, 0.29) is 6.10 Å². The van der Waals surface area contributed by atoms with Gasteiger partial charge in [0.1, 0.15) is 0 Å². The number of nitrogens with one attached hydrogen (secondary N) is 1. The molecule has 0 heterocycles. The van der Waals surface area contributed by atoms with E-state index < -0.39 is 0 Å². The van der Waals surface area contributed by atoms with Crippen molar-refractivity contribution in [3.05, 3.63) is 0 Å². The van der Waals surface area contributed by atoms with Gasteiger partial charge in [-0.3, -0.25) is 0 Å². The first-order chi connectivity index (χ1) is 9.06. The lowest BCUT2D eigenvalue weighted by Gasteiger charge is -2.32. The van der Waals surface area contributed by atoms with Crippen LogP contribution in [-0.4, -0.2) is 23.8 Å². The van der Waals surface area contributed by atoms with Crippen LogP contribution in [0.3, 0.4) is 0 Å². The van der Waals surface area contributed by atoms with Gasteiger partial charge in [0.25, 0.3) is 0 Å². The number of rotatable bonds is 8. The van der Waals surface area contributed by atoms with Crippen LogP contribution in [0.5, 0.6) is 0 Å². The van der Waals surface area contributed by atoms with Crippen molar-refractivity contribution in [2.45, 2.75) is 84.8 Å². The summed E-state index contributed by atoms with van der Waals surface area (Å²) in [6.45, 7) is 9.79. The van der Waals surface area contributed by atoms with Gasteiger partial charge in [-0.05, 0) is 37.0 Å². The third-order valence-electron chi connectivity index (χ3n) is 4.80. The summed E-state index contributed by atoms with van der Waals surface area (Å²) >= 11 is 0. The van der Waals surface area contributed by atoms with Gasteiger partial charge in [-0.25, -0.2) is 0 Å². The van der Waals surface area contributed by atoms with Crippen LogP contribution >= 0.6 is 0 Å².